The van der Waals surface area contributed by atoms with Gasteiger partial charge in [-0.15, -0.1) is 0 Å². The number of halogens is 4. The Morgan fingerprint density at radius 3 is 2.57 bits per heavy atom. The van der Waals surface area contributed by atoms with Gasteiger partial charge in [0.2, 0.25) is 11.8 Å². The van der Waals surface area contributed by atoms with Crippen LogP contribution in [0.1, 0.15) is 30.9 Å². The molecule has 0 saturated carbocycles. The van der Waals surface area contributed by atoms with Crippen molar-refractivity contribution in [3.05, 3.63) is 58.1 Å². The lowest BCUT2D eigenvalue weighted by Gasteiger charge is -2.09. The van der Waals surface area contributed by atoms with Gasteiger partial charge in [0.15, 0.2) is 0 Å². The van der Waals surface area contributed by atoms with Crippen LogP contribution in [0.15, 0.2) is 52.0 Å². The zero-order valence-electron chi connectivity index (χ0n) is 15.9. The minimum atomic E-state index is -4.50. The van der Waals surface area contributed by atoms with E-state index in [1.165, 1.54) is 18.3 Å². The summed E-state index contributed by atoms with van der Waals surface area (Å²) in [7, 11) is 0. The second kappa shape index (κ2) is 10.8. The van der Waals surface area contributed by atoms with Crippen molar-refractivity contribution in [2.45, 2.75) is 25.9 Å². The number of amides is 2. The van der Waals surface area contributed by atoms with Crippen molar-refractivity contribution in [1.82, 2.24) is 5.43 Å². The molecule has 0 spiro atoms. The lowest BCUT2D eigenvalue weighted by molar-refractivity contribution is -0.137. The molecule has 0 aliphatic carbocycles. The summed E-state index contributed by atoms with van der Waals surface area (Å²) in [5.74, 6) is -0.503. The van der Waals surface area contributed by atoms with E-state index in [-0.39, 0.29) is 18.5 Å². The molecule has 2 aromatic carbocycles. The number of nitrogens with zero attached hydrogens (tertiary/aromatic N) is 1. The molecule has 6 nitrogen and oxygen atoms in total. The molecule has 30 heavy (non-hydrogen) atoms. The van der Waals surface area contributed by atoms with Gasteiger partial charge >= 0.3 is 6.18 Å². The standard InChI is InChI=1S/C20H19BrF3N3O3/c1-2-30-17-7-6-15(21)10-13(17)12-25-27-19(29)9-8-18(28)26-16-5-3-4-14(11-16)20(22,23)24/h3-7,10-12H,2,8-9H2,1H3,(H,26,28)(H,27,29). The second-order valence-electron chi connectivity index (χ2n) is 6.04. The van der Waals surface area contributed by atoms with Crippen LogP contribution in [-0.4, -0.2) is 24.6 Å². The van der Waals surface area contributed by atoms with Crippen molar-refractivity contribution < 1.29 is 27.5 Å². The first-order chi connectivity index (χ1) is 14.2. The number of benzene rings is 2. The van der Waals surface area contributed by atoms with E-state index in [1.807, 2.05) is 13.0 Å². The molecule has 2 aromatic rings. The van der Waals surface area contributed by atoms with Crippen molar-refractivity contribution in [1.29, 1.82) is 0 Å². The zero-order valence-corrected chi connectivity index (χ0v) is 17.5. The molecule has 0 aliphatic rings. The van der Waals surface area contributed by atoms with Gasteiger partial charge in [0, 0.05) is 28.6 Å². The average molecular weight is 486 g/mol. The number of alkyl halides is 3. The van der Waals surface area contributed by atoms with Gasteiger partial charge in [-0.2, -0.15) is 18.3 Å². The Hall–Kier alpha value is -2.88. The predicted octanol–water partition coefficient (Wildman–Crippen LogP) is 4.74. The van der Waals surface area contributed by atoms with Crippen molar-refractivity contribution >= 4 is 39.6 Å². The van der Waals surface area contributed by atoms with Crippen LogP contribution in [0.2, 0.25) is 0 Å². The van der Waals surface area contributed by atoms with E-state index in [4.69, 9.17) is 4.74 Å². The molecular formula is C20H19BrF3N3O3. The van der Waals surface area contributed by atoms with Crippen molar-refractivity contribution in [3.63, 3.8) is 0 Å². The number of carbonyl (C=O) groups excluding carboxylic acids is 2. The lowest BCUT2D eigenvalue weighted by Crippen LogP contribution is -2.20. The van der Waals surface area contributed by atoms with Gasteiger partial charge in [0.25, 0.3) is 0 Å². The van der Waals surface area contributed by atoms with E-state index >= 15 is 0 Å². The van der Waals surface area contributed by atoms with E-state index < -0.39 is 23.6 Å². The maximum Gasteiger partial charge on any atom is 0.416 e. The van der Waals surface area contributed by atoms with E-state index in [0.717, 1.165) is 16.6 Å². The molecule has 10 heteroatoms. The summed E-state index contributed by atoms with van der Waals surface area (Å²) in [4.78, 5) is 23.8. The molecule has 0 heterocycles. The molecule has 160 valence electrons. The molecule has 0 bridgehead atoms. The first-order valence-corrected chi connectivity index (χ1v) is 9.69. The van der Waals surface area contributed by atoms with E-state index in [9.17, 15) is 22.8 Å². The fourth-order valence-corrected chi connectivity index (χ4v) is 2.74. The average Bonchev–Trinajstić information content (AvgIpc) is 2.68. The van der Waals surface area contributed by atoms with E-state index in [2.05, 4.69) is 31.8 Å². The summed E-state index contributed by atoms with van der Waals surface area (Å²) >= 11 is 3.34. The minimum absolute atomic E-state index is 0.00589. The molecule has 0 radical (unpaired) electrons. The SMILES string of the molecule is CCOc1ccc(Br)cc1C=NNC(=O)CCC(=O)Nc1cccc(C(F)(F)F)c1. The number of hydrogen-bond acceptors (Lipinski definition) is 4. The number of ether oxygens (including phenoxy) is 1. The maximum atomic E-state index is 12.7. The van der Waals surface area contributed by atoms with Crippen LogP contribution < -0.4 is 15.5 Å². The third kappa shape index (κ3) is 7.51. The van der Waals surface area contributed by atoms with Gasteiger partial charge in [-0.3, -0.25) is 9.59 Å². The first-order valence-electron chi connectivity index (χ1n) is 8.90. The number of hydrazone groups is 1. The highest BCUT2D eigenvalue weighted by molar-refractivity contribution is 9.10. The summed E-state index contributed by atoms with van der Waals surface area (Å²) in [6, 6.07) is 9.60. The van der Waals surface area contributed by atoms with Gasteiger partial charge in [-0.1, -0.05) is 22.0 Å². The van der Waals surface area contributed by atoms with Gasteiger partial charge in [0.1, 0.15) is 5.75 Å². The van der Waals surface area contributed by atoms with Crippen molar-refractivity contribution in [2.24, 2.45) is 5.10 Å². The Kier molecular flexibility index (Phi) is 8.40. The number of anilines is 1. The molecule has 0 fully saturated rings. The van der Waals surface area contributed by atoms with Gasteiger partial charge < -0.3 is 10.1 Å². The predicted molar refractivity (Wildman–Crippen MR) is 110 cm³/mol. The summed E-state index contributed by atoms with van der Waals surface area (Å²) in [6.45, 7) is 2.31. The maximum absolute atomic E-state index is 12.7. The Balaban J connectivity index is 1.84. The van der Waals surface area contributed by atoms with Crippen LogP contribution in [0.5, 0.6) is 5.75 Å². The van der Waals surface area contributed by atoms with Crippen LogP contribution >= 0.6 is 15.9 Å². The lowest BCUT2D eigenvalue weighted by atomic mass is 10.2. The summed E-state index contributed by atoms with van der Waals surface area (Å²) in [6.07, 6.45) is -3.48. The van der Waals surface area contributed by atoms with Crippen molar-refractivity contribution in [3.8, 4) is 5.75 Å². The zero-order chi connectivity index (χ0) is 22.1. The molecular weight excluding hydrogens is 467 g/mol. The quantitative estimate of drug-likeness (QED) is 0.418. The van der Waals surface area contributed by atoms with Gasteiger partial charge in [-0.25, -0.2) is 5.43 Å². The van der Waals surface area contributed by atoms with Crippen molar-refractivity contribution in [2.75, 3.05) is 11.9 Å². The highest BCUT2D eigenvalue weighted by Gasteiger charge is 2.30. The van der Waals surface area contributed by atoms with Crippen LogP contribution in [-0.2, 0) is 15.8 Å². The second-order valence-corrected chi connectivity index (χ2v) is 6.95. The highest BCUT2D eigenvalue weighted by atomic mass is 79.9. The minimum Gasteiger partial charge on any atom is -0.493 e. The number of nitrogens with one attached hydrogen (secondary N) is 2. The van der Waals surface area contributed by atoms with Gasteiger partial charge in [-0.05, 0) is 43.3 Å². The fraction of sp³-hybridized carbons (Fsp3) is 0.250. The van der Waals surface area contributed by atoms with E-state index in [1.54, 1.807) is 12.1 Å². The Labute approximate surface area is 179 Å². The molecule has 0 unspecified atom stereocenters. The Morgan fingerprint density at radius 2 is 1.87 bits per heavy atom. The normalized spacial score (nSPS) is 11.4. The molecule has 0 atom stereocenters. The monoisotopic (exact) mass is 485 g/mol. The van der Waals surface area contributed by atoms with Gasteiger partial charge in [0.05, 0.1) is 18.4 Å². The number of carbonyl (C=O) groups is 2. The molecule has 0 saturated heterocycles. The first kappa shape index (κ1) is 23.4. The van der Waals surface area contributed by atoms with Crippen LogP contribution in [0.4, 0.5) is 18.9 Å². The van der Waals surface area contributed by atoms with E-state index in [0.29, 0.717) is 17.9 Å². The Bertz CT molecular complexity index is 933. The molecule has 2 rings (SSSR count). The molecule has 2 N–H and O–H groups in total. The number of rotatable bonds is 8. The topological polar surface area (TPSA) is 79.8 Å². The third-order valence-electron chi connectivity index (χ3n) is 3.72. The summed E-state index contributed by atoms with van der Waals surface area (Å²) < 4.78 is 44.4. The third-order valence-corrected chi connectivity index (χ3v) is 4.21. The van der Waals surface area contributed by atoms with Crippen LogP contribution in [0, 0.1) is 0 Å². The Morgan fingerprint density at radius 1 is 1.13 bits per heavy atom. The van der Waals surface area contributed by atoms with Crippen LogP contribution in [0.25, 0.3) is 0 Å². The number of hydrogen-bond donors (Lipinski definition) is 2. The molecule has 0 aromatic heterocycles. The smallest absolute Gasteiger partial charge is 0.416 e. The molecule has 2 amide bonds. The highest BCUT2D eigenvalue weighted by Crippen LogP contribution is 2.30. The summed E-state index contributed by atoms with van der Waals surface area (Å²) in [5.41, 5.74) is 2.08. The summed E-state index contributed by atoms with van der Waals surface area (Å²) in [5, 5.41) is 6.18. The molecule has 0 aliphatic heterocycles. The van der Waals surface area contributed by atoms with Crippen LogP contribution in [0.3, 0.4) is 0 Å². The largest absolute Gasteiger partial charge is 0.493 e. The fourth-order valence-electron chi connectivity index (χ4n) is 2.36.